The third kappa shape index (κ3) is 1.15. The summed E-state index contributed by atoms with van der Waals surface area (Å²) in [6.45, 7) is 0. The van der Waals surface area contributed by atoms with Gasteiger partial charge < -0.3 is 15.7 Å². The van der Waals surface area contributed by atoms with Crippen LogP contribution in [0.2, 0.25) is 0 Å². The third-order valence-electron chi connectivity index (χ3n) is 1.55. The Balaban J connectivity index is 2.41. The second kappa shape index (κ2) is 2.06. The maximum atomic E-state index is 9.36. The van der Waals surface area contributed by atoms with E-state index in [0.29, 0.717) is 0 Å². The molecule has 0 spiro atoms. The highest BCUT2D eigenvalue weighted by atomic mass is 32.1. The molecular weight excluding hydrogens is 160 g/mol. The van der Waals surface area contributed by atoms with Crippen molar-refractivity contribution in [3.8, 4) is 0 Å². The fourth-order valence-corrected chi connectivity index (χ4v) is 1.35. The van der Waals surface area contributed by atoms with Crippen molar-refractivity contribution in [1.82, 2.24) is 0 Å². The zero-order valence-electron chi connectivity index (χ0n) is 5.70. The lowest BCUT2D eigenvalue weighted by Crippen LogP contribution is -2.34. The van der Waals surface area contributed by atoms with Gasteiger partial charge in [0.05, 0.1) is 11.4 Å². The van der Waals surface area contributed by atoms with Gasteiger partial charge in [-0.05, 0) is 12.1 Å². The summed E-state index contributed by atoms with van der Waals surface area (Å²) >= 11 is 3.93. The highest BCUT2D eigenvalue weighted by molar-refractivity contribution is 7.81. The SMILES string of the molecule is OC1(S)Nc2ccccc2N1. The molecule has 1 heterocycles. The number of aliphatic hydroxyl groups is 1. The molecule has 0 aromatic heterocycles. The van der Waals surface area contributed by atoms with Gasteiger partial charge >= 0.3 is 0 Å². The Labute approximate surface area is 69.8 Å². The number of hydrogen-bond acceptors (Lipinski definition) is 4. The molecule has 0 unspecified atom stereocenters. The Morgan fingerprint density at radius 3 is 2.09 bits per heavy atom. The molecule has 3 nitrogen and oxygen atoms in total. The van der Waals surface area contributed by atoms with Crippen LogP contribution in [0.1, 0.15) is 0 Å². The van der Waals surface area contributed by atoms with E-state index >= 15 is 0 Å². The van der Waals surface area contributed by atoms with Crippen LogP contribution in [-0.2, 0) is 0 Å². The molecule has 0 saturated heterocycles. The van der Waals surface area contributed by atoms with Gasteiger partial charge in [0.25, 0.3) is 5.18 Å². The van der Waals surface area contributed by atoms with Crippen molar-refractivity contribution in [2.75, 3.05) is 10.6 Å². The number of fused-ring (bicyclic) bond motifs is 1. The standard InChI is InChI=1S/C7H8N2OS/c10-7(11)8-5-3-1-2-4-6(5)9-7/h1-4,8-11H. The van der Waals surface area contributed by atoms with Crippen molar-refractivity contribution in [3.63, 3.8) is 0 Å². The molecule has 0 atom stereocenters. The lowest BCUT2D eigenvalue weighted by atomic mass is 10.3. The molecule has 58 valence electrons. The normalized spacial score (nSPS) is 18.4. The first-order valence-corrected chi connectivity index (χ1v) is 3.72. The summed E-state index contributed by atoms with van der Waals surface area (Å²) < 4.78 is 0. The molecule has 3 N–H and O–H groups in total. The molecule has 0 aliphatic carbocycles. The minimum absolute atomic E-state index is 0.866. The summed E-state index contributed by atoms with van der Waals surface area (Å²) in [6, 6.07) is 7.53. The van der Waals surface area contributed by atoms with Gasteiger partial charge in [0, 0.05) is 0 Å². The summed E-state index contributed by atoms with van der Waals surface area (Å²) in [5, 5.41) is 13.6. The first-order valence-electron chi connectivity index (χ1n) is 3.27. The number of nitrogens with one attached hydrogen (secondary N) is 2. The van der Waals surface area contributed by atoms with E-state index in [4.69, 9.17) is 0 Å². The molecule has 1 aliphatic heterocycles. The second-order valence-electron chi connectivity index (χ2n) is 2.47. The fourth-order valence-electron chi connectivity index (χ4n) is 1.11. The zero-order valence-corrected chi connectivity index (χ0v) is 6.60. The van der Waals surface area contributed by atoms with E-state index in [-0.39, 0.29) is 0 Å². The lowest BCUT2D eigenvalue weighted by molar-refractivity contribution is 0.205. The summed E-state index contributed by atoms with van der Waals surface area (Å²) in [4.78, 5) is 0. The predicted molar refractivity (Wildman–Crippen MR) is 47.6 cm³/mol. The van der Waals surface area contributed by atoms with Gasteiger partial charge in [0.15, 0.2) is 0 Å². The molecule has 0 bridgehead atoms. The molecule has 0 amide bonds. The predicted octanol–water partition coefficient (Wildman–Crippen LogP) is 1.06. The Bertz CT molecular complexity index is 261. The van der Waals surface area contributed by atoms with Crippen molar-refractivity contribution in [2.45, 2.75) is 5.18 Å². The summed E-state index contributed by atoms with van der Waals surface area (Å²) in [5.74, 6) is 0. The van der Waals surface area contributed by atoms with Crippen molar-refractivity contribution >= 4 is 24.0 Å². The summed E-state index contributed by atoms with van der Waals surface area (Å²) in [6.07, 6.45) is 0. The quantitative estimate of drug-likeness (QED) is 0.346. The molecule has 0 fully saturated rings. The molecule has 1 aliphatic rings. The van der Waals surface area contributed by atoms with Crippen molar-refractivity contribution in [1.29, 1.82) is 0 Å². The van der Waals surface area contributed by atoms with Crippen LogP contribution in [0.15, 0.2) is 24.3 Å². The third-order valence-corrected chi connectivity index (χ3v) is 1.77. The summed E-state index contributed by atoms with van der Waals surface area (Å²) in [7, 11) is 0. The van der Waals surface area contributed by atoms with Crippen LogP contribution in [0.4, 0.5) is 11.4 Å². The maximum Gasteiger partial charge on any atom is 0.263 e. The van der Waals surface area contributed by atoms with Gasteiger partial charge in [-0.1, -0.05) is 24.8 Å². The van der Waals surface area contributed by atoms with E-state index in [1.54, 1.807) is 0 Å². The molecule has 2 rings (SSSR count). The smallest absolute Gasteiger partial charge is 0.263 e. The Morgan fingerprint density at radius 1 is 1.18 bits per heavy atom. The number of benzene rings is 1. The van der Waals surface area contributed by atoms with Crippen LogP contribution in [0.3, 0.4) is 0 Å². The average Bonchev–Trinajstić information content (AvgIpc) is 2.21. The van der Waals surface area contributed by atoms with E-state index in [0.717, 1.165) is 11.4 Å². The molecule has 11 heavy (non-hydrogen) atoms. The number of anilines is 2. The van der Waals surface area contributed by atoms with Crippen LogP contribution in [0.25, 0.3) is 0 Å². The van der Waals surface area contributed by atoms with Crippen LogP contribution >= 0.6 is 12.6 Å². The maximum absolute atomic E-state index is 9.36. The van der Waals surface area contributed by atoms with Gasteiger partial charge in [-0.25, -0.2) is 0 Å². The van der Waals surface area contributed by atoms with Crippen LogP contribution in [-0.4, -0.2) is 10.3 Å². The minimum atomic E-state index is -1.30. The molecule has 4 heteroatoms. The Morgan fingerprint density at radius 2 is 1.64 bits per heavy atom. The zero-order chi connectivity index (χ0) is 7.90. The van der Waals surface area contributed by atoms with Gasteiger partial charge in [-0.2, -0.15) is 0 Å². The van der Waals surface area contributed by atoms with E-state index in [1.807, 2.05) is 24.3 Å². The average molecular weight is 168 g/mol. The fraction of sp³-hybridized carbons (Fsp3) is 0.143. The van der Waals surface area contributed by atoms with E-state index in [2.05, 4.69) is 23.3 Å². The highest BCUT2D eigenvalue weighted by Crippen LogP contribution is 2.33. The highest BCUT2D eigenvalue weighted by Gasteiger charge is 2.28. The van der Waals surface area contributed by atoms with Crippen LogP contribution in [0, 0.1) is 0 Å². The van der Waals surface area contributed by atoms with E-state index in [9.17, 15) is 5.11 Å². The Hall–Kier alpha value is -0.870. The first kappa shape index (κ1) is 6.82. The van der Waals surface area contributed by atoms with Gasteiger partial charge in [-0.3, -0.25) is 0 Å². The number of para-hydroxylation sites is 2. The van der Waals surface area contributed by atoms with Gasteiger partial charge in [-0.15, -0.1) is 0 Å². The van der Waals surface area contributed by atoms with Crippen molar-refractivity contribution in [3.05, 3.63) is 24.3 Å². The van der Waals surface area contributed by atoms with Crippen molar-refractivity contribution < 1.29 is 5.11 Å². The van der Waals surface area contributed by atoms with Crippen LogP contribution in [0.5, 0.6) is 0 Å². The topological polar surface area (TPSA) is 44.3 Å². The molecule has 1 aromatic carbocycles. The molecule has 0 saturated carbocycles. The largest absolute Gasteiger partial charge is 0.346 e. The molecule has 1 aromatic rings. The first-order chi connectivity index (χ1) is 5.17. The Kier molecular flexibility index (Phi) is 1.27. The van der Waals surface area contributed by atoms with Crippen LogP contribution < -0.4 is 10.6 Å². The lowest BCUT2D eigenvalue weighted by Gasteiger charge is -2.15. The molecular formula is C7H8N2OS. The number of rotatable bonds is 0. The minimum Gasteiger partial charge on any atom is -0.346 e. The van der Waals surface area contributed by atoms with Crippen molar-refractivity contribution in [2.24, 2.45) is 0 Å². The van der Waals surface area contributed by atoms with Gasteiger partial charge in [0.2, 0.25) is 0 Å². The van der Waals surface area contributed by atoms with E-state index in [1.165, 1.54) is 0 Å². The molecule has 0 radical (unpaired) electrons. The number of thiol groups is 1. The number of hydrogen-bond donors (Lipinski definition) is 4. The monoisotopic (exact) mass is 168 g/mol. The van der Waals surface area contributed by atoms with E-state index < -0.39 is 5.18 Å². The summed E-state index contributed by atoms with van der Waals surface area (Å²) in [5.41, 5.74) is 1.73. The van der Waals surface area contributed by atoms with Gasteiger partial charge in [0.1, 0.15) is 0 Å². The second-order valence-corrected chi connectivity index (χ2v) is 3.12.